The lowest BCUT2D eigenvalue weighted by molar-refractivity contribution is 0.341. The molecule has 1 heterocycles. The number of nitrogens with zero attached hydrogens (tertiary/aromatic N) is 2. The molecule has 0 aliphatic heterocycles. The molecule has 0 atom stereocenters. The van der Waals surface area contributed by atoms with Crippen LogP contribution >= 0.6 is 0 Å². The van der Waals surface area contributed by atoms with Crippen molar-refractivity contribution in [1.82, 2.24) is 15.2 Å². The van der Waals surface area contributed by atoms with Gasteiger partial charge in [-0.25, -0.2) is 4.98 Å². The first kappa shape index (κ1) is 11.6. The minimum atomic E-state index is 0.557. The van der Waals surface area contributed by atoms with E-state index in [1.165, 1.54) is 0 Å². The van der Waals surface area contributed by atoms with Crippen LogP contribution in [0, 0.1) is 0 Å². The minimum absolute atomic E-state index is 0.557. The van der Waals surface area contributed by atoms with Crippen molar-refractivity contribution in [3.05, 3.63) is 30.1 Å². The molecule has 90 valence electrons. The first-order valence-electron chi connectivity index (χ1n) is 5.68. The van der Waals surface area contributed by atoms with Crippen LogP contribution in [-0.2, 0) is 6.42 Å². The van der Waals surface area contributed by atoms with E-state index in [-0.39, 0.29) is 0 Å². The molecule has 0 bridgehead atoms. The predicted octanol–water partition coefficient (Wildman–Crippen LogP) is 1.37. The third-order valence-corrected chi connectivity index (χ3v) is 2.34. The van der Waals surface area contributed by atoms with Gasteiger partial charge in [0, 0.05) is 6.42 Å². The maximum atomic E-state index is 5.54. The lowest BCUT2D eigenvalue weighted by atomic mass is 10.2. The highest BCUT2D eigenvalue weighted by atomic mass is 16.5. The van der Waals surface area contributed by atoms with Crippen LogP contribution in [0.25, 0.3) is 11.4 Å². The number of para-hydroxylation sites is 1. The molecule has 0 spiro atoms. The van der Waals surface area contributed by atoms with Crippen molar-refractivity contribution >= 4 is 0 Å². The van der Waals surface area contributed by atoms with Gasteiger partial charge in [0.2, 0.25) is 0 Å². The number of nitrogens with one attached hydrogen (secondary N) is 1. The molecule has 0 fully saturated rings. The molecule has 0 aliphatic carbocycles. The molecule has 0 saturated heterocycles. The zero-order valence-electron chi connectivity index (χ0n) is 9.81. The molecule has 0 saturated carbocycles. The second kappa shape index (κ2) is 5.45. The summed E-state index contributed by atoms with van der Waals surface area (Å²) in [7, 11) is 0. The number of nitrogens with two attached hydrogens (primary N) is 1. The van der Waals surface area contributed by atoms with Crippen LogP contribution in [0.5, 0.6) is 5.75 Å². The standard InChI is InChI=1S/C12H16N4O/c1-2-17-10-6-4-3-5-9(10)12-14-11(7-8-13)15-16-12/h3-6H,2,7-8,13H2,1H3,(H,14,15,16). The summed E-state index contributed by atoms with van der Waals surface area (Å²) in [5, 5.41) is 7.05. The SMILES string of the molecule is CCOc1ccccc1-c1n[nH]c(CCN)n1. The Bertz CT molecular complexity index is 481. The summed E-state index contributed by atoms with van der Waals surface area (Å²) in [6.07, 6.45) is 0.698. The summed E-state index contributed by atoms with van der Waals surface area (Å²) < 4.78 is 5.54. The first-order chi connectivity index (χ1) is 8.35. The number of benzene rings is 1. The van der Waals surface area contributed by atoms with Crippen molar-refractivity contribution in [3.63, 3.8) is 0 Å². The van der Waals surface area contributed by atoms with Gasteiger partial charge in [-0.05, 0) is 25.6 Å². The molecule has 0 radical (unpaired) electrons. The normalized spacial score (nSPS) is 10.5. The molecule has 0 unspecified atom stereocenters. The van der Waals surface area contributed by atoms with Gasteiger partial charge in [-0.2, -0.15) is 5.10 Å². The number of aromatic amines is 1. The second-order valence-electron chi connectivity index (χ2n) is 3.57. The summed E-state index contributed by atoms with van der Waals surface area (Å²) in [5.41, 5.74) is 6.37. The van der Waals surface area contributed by atoms with Crippen LogP contribution in [0.4, 0.5) is 0 Å². The summed E-state index contributed by atoms with van der Waals surface area (Å²) in [4.78, 5) is 4.39. The molecule has 0 amide bonds. The van der Waals surface area contributed by atoms with E-state index in [2.05, 4.69) is 15.2 Å². The van der Waals surface area contributed by atoms with Crippen LogP contribution < -0.4 is 10.5 Å². The van der Waals surface area contributed by atoms with Crippen molar-refractivity contribution in [2.75, 3.05) is 13.2 Å². The second-order valence-corrected chi connectivity index (χ2v) is 3.57. The Morgan fingerprint density at radius 3 is 2.94 bits per heavy atom. The van der Waals surface area contributed by atoms with E-state index in [9.17, 15) is 0 Å². The molecular weight excluding hydrogens is 216 g/mol. The van der Waals surface area contributed by atoms with Gasteiger partial charge in [-0.15, -0.1) is 0 Å². The van der Waals surface area contributed by atoms with Crippen molar-refractivity contribution < 1.29 is 4.74 Å². The Balaban J connectivity index is 2.31. The lowest BCUT2D eigenvalue weighted by Gasteiger charge is -2.06. The van der Waals surface area contributed by atoms with Gasteiger partial charge >= 0.3 is 0 Å². The summed E-state index contributed by atoms with van der Waals surface area (Å²) in [5.74, 6) is 2.25. The zero-order valence-corrected chi connectivity index (χ0v) is 9.81. The third kappa shape index (κ3) is 2.62. The quantitative estimate of drug-likeness (QED) is 0.816. The van der Waals surface area contributed by atoms with Gasteiger partial charge in [-0.1, -0.05) is 12.1 Å². The van der Waals surface area contributed by atoms with Crippen molar-refractivity contribution in [3.8, 4) is 17.1 Å². The summed E-state index contributed by atoms with van der Waals surface area (Å²) in [6.45, 7) is 3.13. The van der Waals surface area contributed by atoms with Gasteiger partial charge in [0.05, 0.1) is 12.2 Å². The van der Waals surface area contributed by atoms with Gasteiger partial charge < -0.3 is 10.5 Å². The molecule has 1 aromatic carbocycles. The van der Waals surface area contributed by atoms with Crippen molar-refractivity contribution in [2.24, 2.45) is 5.73 Å². The van der Waals surface area contributed by atoms with Gasteiger partial charge in [0.1, 0.15) is 11.6 Å². The van der Waals surface area contributed by atoms with E-state index in [1.54, 1.807) is 0 Å². The zero-order chi connectivity index (χ0) is 12.1. The molecular formula is C12H16N4O. The monoisotopic (exact) mass is 232 g/mol. The number of ether oxygens (including phenoxy) is 1. The predicted molar refractivity (Wildman–Crippen MR) is 65.7 cm³/mol. The Kier molecular flexibility index (Phi) is 3.72. The maximum absolute atomic E-state index is 5.54. The van der Waals surface area contributed by atoms with Crippen LogP contribution in [0.15, 0.2) is 24.3 Å². The van der Waals surface area contributed by atoms with E-state index in [0.717, 1.165) is 17.1 Å². The van der Waals surface area contributed by atoms with Gasteiger partial charge in [0.15, 0.2) is 5.82 Å². The van der Waals surface area contributed by atoms with Gasteiger partial charge in [-0.3, -0.25) is 5.10 Å². The largest absolute Gasteiger partial charge is 0.493 e. The Hall–Kier alpha value is -1.88. The van der Waals surface area contributed by atoms with E-state index in [4.69, 9.17) is 10.5 Å². The highest BCUT2D eigenvalue weighted by Crippen LogP contribution is 2.26. The molecule has 5 heteroatoms. The highest BCUT2D eigenvalue weighted by Gasteiger charge is 2.10. The first-order valence-corrected chi connectivity index (χ1v) is 5.68. The number of rotatable bonds is 5. The number of aromatic nitrogens is 3. The summed E-state index contributed by atoms with van der Waals surface area (Å²) >= 11 is 0. The average Bonchev–Trinajstić information content (AvgIpc) is 2.79. The van der Waals surface area contributed by atoms with Crippen molar-refractivity contribution in [2.45, 2.75) is 13.3 Å². The Morgan fingerprint density at radius 1 is 1.35 bits per heavy atom. The van der Waals surface area contributed by atoms with Crippen LogP contribution in [0.1, 0.15) is 12.7 Å². The van der Waals surface area contributed by atoms with E-state index in [0.29, 0.717) is 25.4 Å². The van der Waals surface area contributed by atoms with Crippen LogP contribution in [0.3, 0.4) is 0 Å². The third-order valence-electron chi connectivity index (χ3n) is 2.34. The van der Waals surface area contributed by atoms with E-state index < -0.39 is 0 Å². The molecule has 3 N–H and O–H groups in total. The van der Waals surface area contributed by atoms with E-state index >= 15 is 0 Å². The molecule has 2 rings (SSSR count). The number of H-pyrrole nitrogens is 1. The lowest BCUT2D eigenvalue weighted by Crippen LogP contribution is -2.03. The number of hydrogen-bond donors (Lipinski definition) is 2. The molecule has 0 aliphatic rings. The average molecular weight is 232 g/mol. The van der Waals surface area contributed by atoms with Crippen molar-refractivity contribution in [1.29, 1.82) is 0 Å². The fourth-order valence-corrected chi connectivity index (χ4v) is 1.60. The fourth-order valence-electron chi connectivity index (χ4n) is 1.60. The minimum Gasteiger partial charge on any atom is -0.493 e. The highest BCUT2D eigenvalue weighted by molar-refractivity contribution is 5.63. The molecule has 1 aromatic heterocycles. The van der Waals surface area contributed by atoms with Crippen LogP contribution in [-0.4, -0.2) is 28.3 Å². The molecule has 5 nitrogen and oxygen atoms in total. The Morgan fingerprint density at radius 2 is 2.18 bits per heavy atom. The fraction of sp³-hybridized carbons (Fsp3) is 0.333. The summed E-state index contributed by atoms with van der Waals surface area (Å²) in [6, 6.07) is 7.73. The smallest absolute Gasteiger partial charge is 0.184 e. The molecule has 17 heavy (non-hydrogen) atoms. The van der Waals surface area contributed by atoms with Crippen LogP contribution in [0.2, 0.25) is 0 Å². The number of hydrogen-bond acceptors (Lipinski definition) is 4. The topological polar surface area (TPSA) is 76.8 Å². The van der Waals surface area contributed by atoms with E-state index in [1.807, 2.05) is 31.2 Å². The molecule has 2 aromatic rings. The van der Waals surface area contributed by atoms with Gasteiger partial charge in [0.25, 0.3) is 0 Å². The maximum Gasteiger partial charge on any atom is 0.184 e. The Labute approximate surface area is 100 Å².